The first kappa shape index (κ1) is 13.5. The third kappa shape index (κ3) is 3.29. The van der Waals surface area contributed by atoms with E-state index in [-0.39, 0.29) is 5.91 Å². The first-order valence-corrected chi connectivity index (χ1v) is 7.13. The van der Waals surface area contributed by atoms with Gasteiger partial charge in [-0.15, -0.1) is 0 Å². The normalized spacial score (nSPS) is 10.2. The van der Waals surface area contributed by atoms with Gasteiger partial charge in [-0.1, -0.05) is 0 Å². The van der Waals surface area contributed by atoms with E-state index in [1.165, 1.54) is 0 Å². The molecule has 1 aromatic heterocycles. The van der Waals surface area contributed by atoms with Gasteiger partial charge in [0.25, 0.3) is 5.91 Å². The van der Waals surface area contributed by atoms with Crippen LogP contribution >= 0.6 is 38.5 Å². The molecular weight excluding hydrogens is 407 g/mol. The molecule has 0 aliphatic rings. The molecule has 1 aromatic carbocycles. The number of aryl methyl sites for hydroxylation is 1. The van der Waals surface area contributed by atoms with Gasteiger partial charge in [0.1, 0.15) is 5.82 Å². The molecule has 0 bridgehead atoms. The lowest BCUT2D eigenvalue weighted by atomic mass is 10.2. The molecule has 0 fully saturated rings. The van der Waals surface area contributed by atoms with Crippen molar-refractivity contribution in [2.45, 2.75) is 6.92 Å². The molecule has 1 N–H and O–H groups in total. The minimum Gasteiger partial charge on any atom is -0.307 e. The summed E-state index contributed by atoms with van der Waals surface area (Å²) in [5.41, 5.74) is 1.47. The molecule has 5 heteroatoms. The maximum atomic E-state index is 12.0. The van der Waals surface area contributed by atoms with Gasteiger partial charge >= 0.3 is 0 Å². The van der Waals surface area contributed by atoms with Gasteiger partial charge in [-0.05, 0) is 81.8 Å². The fourth-order valence-electron chi connectivity index (χ4n) is 1.40. The van der Waals surface area contributed by atoms with Crippen LogP contribution in [0.4, 0.5) is 5.82 Å². The van der Waals surface area contributed by atoms with E-state index in [0.717, 1.165) is 13.7 Å². The van der Waals surface area contributed by atoms with Crippen molar-refractivity contribution in [2.24, 2.45) is 0 Å². The van der Waals surface area contributed by atoms with E-state index in [2.05, 4.69) is 48.8 Å². The van der Waals surface area contributed by atoms with E-state index >= 15 is 0 Å². The van der Waals surface area contributed by atoms with Crippen molar-refractivity contribution in [3.8, 4) is 0 Å². The monoisotopic (exact) mass is 416 g/mol. The van der Waals surface area contributed by atoms with Crippen LogP contribution in [0.15, 0.2) is 40.9 Å². The Balaban J connectivity index is 2.16. The number of nitrogens with one attached hydrogen (secondary N) is 1. The standard InChI is InChI=1S/C13H10BrIN2O/c1-8-11(14)6-7-12(16-8)17-13(18)9-2-4-10(15)5-3-9/h2-7H,1H3,(H,16,17,18). The molecule has 0 saturated heterocycles. The third-order valence-electron chi connectivity index (χ3n) is 2.37. The zero-order valence-electron chi connectivity index (χ0n) is 9.58. The lowest BCUT2D eigenvalue weighted by Gasteiger charge is -2.06. The number of carbonyl (C=O) groups is 1. The Morgan fingerprint density at radius 3 is 2.50 bits per heavy atom. The lowest BCUT2D eigenvalue weighted by Crippen LogP contribution is -2.13. The highest BCUT2D eigenvalue weighted by Crippen LogP contribution is 2.17. The van der Waals surface area contributed by atoms with Crippen molar-refractivity contribution in [1.29, 1.82) is 0 Å². The number of nitrogens with zero attached hydrogens (tertiary/aromatic N) is 1. The lowest BCUT2D eigenvalue weighted by molar-refractivity contribution is 0.102. The Morgan fingerprint density at radius 2 is 1.89 bits per heavy atom. The van der Waals surface area contributed by atoms with Gasteiger partial charge in [-0.3, -0.25) is 4.79 Å². The highest BCUT2D eigenvalue weighted by molar-refractivity contribution is 14.1. The van der Waals surface area contributed by atoms with Crippen LogP contribution in [0.5, 0.6) is 0 Å². The van der Waals surface area contributed by atoms with Gasteiger partial charge in [0, 0.05) is 13.6 Å². The van der Waals surface area contributed by atoms with Crippen molar-refractivity contribution < 1.29 is 4.79 Å². The molecule has 2 aromatic rings. The number of hydrogen-bond acceptors (Lipinski definition) is 2. The maximum Gasteiger partial charge on any atom is 0.256 e. The van der Waals surface area contributed by atoms with Crippen LogP contribution in [-0.2, 0) is 0 Å². The summed E-state index contributed by atoms with van der Waals surface area (Å²) in [5.74, 6) is 0.403. The van der Waals surface area contributed by atoms with Crippen molar-refractivity contribution in [2.75, 3.05) is 5.32 Å². The third-order valence-corrected chi connectivity index (χ3v) is 3.93. The first-order chi connectivity index (χ1) is 8.56. The molecule has 0 spiro atoms. The van der Waals surface area contributed by atoms with Gasteiger partial charge in [0.15, 0.2) is 0 Å². The highest BCUT2D eigenvalue weighted by atomic mass is 127. The summed E-state index contributed by atoms with van der Waals surface area (Å²) in [4.78, 5) is 16.2. The molecular formula is C13H10BrIN2O. The summed E-state index contributed by atoms with van der Waals surface area (Å²) < 4.78 is 2.02. The van der Waals surface area contributed by atoms with E-state index in [0.29, 0.717) is 11.4 Å². The Morgan fingerprint density at radius 1 is 1.22 bits per heavy atom. The second-order valence-electron chi connectivity index (χ2n) is 3.72. The van der Waals surface area contributed by atoms with Crippen LogP contribution in [0.1, 0.15) is 16.1 Å². The smallest absolute Gasteiger partial charge is 0.256 e. The van der Waals surface area contributed by atoms with Gasteiger partial charge in [-0.25, -0.2) is 4.98 Å². The molecule has 3 nitrogen and oxygen atoms in total. The average molecular weight is 417 g/mol. The predicted octanol–water partition coefficient (Wildman–Crippen LogP) is 4.01. The number of hydrogen-bond donors (Lipinski definition) is 1. The van der Waals surface area contributed by atoms with E-state index < -0.39 is 0 Å². The van der Waals surface area contributed by atoms with Crippen LogP contribution < -0.4 is 5.32 Å². The number of aromatic nitrogens is 1. The summed E-state index contributed by atoms with van der Waals surface area (Å²) in [6, 6.07) is 11.0. The summed E-state index contributed by atoms with van der Waals surface area (Å²) >= 11 is 5.57. The summed E-state index contributed by atoms with van der Waals surface area (Å²) in [6.45, 7) is 1.88. The van der Waals surface area contributed by atoms with E-state index in [4.69, 9.17) is 0 Å². The molecule has 92 valence electrons. The number of halogens is 2. The Hall–Kier alpha value is -0.950. The van der Waals surface area contributed by atoms with Crippen LogP contribution in [-0.4, -0.2) is 10.9 Å². The topological polar surface area (TPSA) is 42.0 Å². The molecule has 0 saturated carbocycles. The predicted molar refractivity (Wildman–Crippen MR) is 83.8 cm³/mol. The van der Waals surface area contributed by atoms with Crippen LogP contribution in [0.2, 0.25) is 0 Å². The molecule has 1 heterocycles. The number of carbonyl (C=O) groups excluding carboxylic acids is 1. The summed E-state index contributed by atoms with van der Waals surface area (Å²) in [6.07, 6.45) is 0. The van der Waals surface area contributed by atoms with E-state index in [1.807, 2.05) is 25.1 Å². The second-order valence-corrected chi connectivity index (χ2v) is 5.82. The number of rotatable bonds is 2. The molecule has 0 aliphatic heterocycles. The van der Waals surface area contributed by atoms with Gasteiger partial charge < -0.3 is 5.32 Å². The van der Waals surface area contributed by atoms with Gasteiger partial charge in [0.05, 0.1) is 5.69 Å². The average Bonchev–Trinajstić information content (AvgIpc) is 2.34. The SMILES string of the molecule is Cc1nc(NC(=O)c2ccc(I)cc2)ccc1Br. The van der Waals surface area contributed by atoms with Crippen molar-refractivity contribution in [3.05, 3.63) is 55.7 Å². The Labute approximate surface area is 127 Å². The zero-order valence-corrected chi connectivity index (χ0v) is 13.3. The minimum atomic E-state index is -0.152. The number of amides is 1. The second kappa shape index (κ2) is 5.79. The molecule has 18 heavy (non-hydrogen) atoms. The molecule has 0 radical (unpaired) electrons. The number of benzene rings is 1. The number of anilines is 1. The molecule has 1 amide bonds. The number of pyridine rings is 1. The maximum absolute atomic E-state index is 12.0. The van der Waals surface area contributed by atoms with E-state index in [1.54, 1.807) is 18.2 Å². The fraction of sp³-hybridized carbons (Fsp3) is 0.0769. The van der Waals surface area contributed by atoms with Crippen LogP contribution in [0.25, 0.3) is 0 Å². The first-order valence-electron chi connectivity index (χ1n) is 5.26. The highest BCUT2D eigenvalue weighted by Gasteiger charge is 2.07. The molecule has 0 unspecified atom stereocenters. The van der Waals surface area contributed by atoms with Crippen LogP contribution in [0.3, 0.4) is 0 Å². The quantitative estimate of drug-likeness (QED) is 0.751. The van der Waals surface area contributed by atoms with Gasteiger partial charge in [0.2, 0.25) is 0 Å². The van der Waals surface area contributed by atoms with Gasteiger partial charge in [-0.2, -0.15) is 0 Å². The van der Waals surface area contributed by atoms with Crippen molar-refractivity contribution >= 4 is 50.2 Å². The van der Waals surface area contributed by atoms with Crippen molar-refractivity contribution in [3.63, 3.8) is 0 Å². The largest absolute Gasteiger partial charge is 0.307 e. The van der Waals surface area contributed by atoms with E-state index in [9.17, 15) is 4.79 Å². The van der Waals surface area contributed by atoms with Crippen molar-refractivity contribution in [1.82, 2.24) is 4.98 Å². The summed E-state index contributed by atoms with van der Waals surface area (Å²) in [7, 11) is 0. The molecule has 2 rings (SSSR count). The molecule has 0 atom stereocenters. The molecule has 0 aliphatic carbocycles. The minimum absolute atomic E-state index is 0.152. The van der Waals surface area contributed by atoms with Crippen LogP contribution in [0, 0.1) is 10.5 Å². The zero-order chi connectivity index (χ0) is 13.1. The Kier molecular flexibility index (Phi) is 4.34. The Bertz CT molecular complexity index is 584. The summed E-state index contributed by atoms with van der Waals surface area (Å²) in [5, 5.41) is 2.77. The fourth-order valence-corrected chi connectivity index (χ4v) is 1.98.